The first-order valence-corrected chi connectivity index (χ1v) is 7.95. The molecule has 1 N–H and O–H groups in total. The van der Waals surface area contributed by atoms with Gasteiger partial charge in [0.25, 0.3) is 0 Å². The van der Waals surface area contributed by atoms with Crippen molar-refractivity contribution in [3.63, 3.8) is 0 Å². The van der Waals surface area contributed by atoms with Gasteiger partial charge in [-0.3, -0.25) is 9.59 Å². The van der Waals surface area contributed by atoms with E-state index in [-0.39, 0.29) is 25.2 Å². The zero-order valence-corrected chi connectivity index (χ0v) is 13.4. The second kappa shape index (κ2) is 7.01. The normalized spacial score (nSPS) is 13.0. The van der Waals surface area contributed by atoms with E-state index in [1.807, 2.05) is 0 Å². The summed E-state index contributed by atoms with van der Waals surface area (Å²) in [5.41, 5.74) is 2.17. The van der Waals surface area contributed by atoms with Gasteiger partial charge in [0.2, 0.25) is 0 Å². The Morgan fingerprint density at radius 1 is 1.04 bits per heavy atom. The maximum atomic E-state index is 13.6. The molecule has 1 aliphatic carbocycles. The number of benzene rings is 2. The smallest absolute Gasteiger partial charge is 0.303 e. The highest BCUT2D eigenvalue weighted by Crippen LogP contribution is 2.37. The van der Waals surface area contributed by atoms with Gasteiger partial charge in [0, 0.05) is 30.0 Å². The van der Waals surface area contributed by atoms with Gasteiger partial charge in [-0.2, -0.15) is 0 Å². The van der Waals surface area contributed by atoms with E-state index < -0.39 is 17.6 Å². The Hall–Kier alpha value is -2.76. The van der Waals surface area contributed by atoms with Crippen molar-refractivity contribution in [2.75, 3.05) is 6.61 Å². The number of carboxylic acid groups (broad SMARTS) is 1. The first kappa shape index (κ1) is 17.1. The van der Waals surface area contributed by atoms with Crippen molar-refractivity contribution in [1.82, 2.24) is 0 Å². The minimum absolute atomic E-state index is 0.00218. The summed E-state index contributed by atoms with van der Waals surface area (Å²) >= 11 is 0. The van der Waals surface area contributed by atoms with Crippen LogP contribution in [0.3, 0.4) is 0 Å². The molecule has 0 atom stereocenters. The van der Waals surface area contributed by atoms with Gasteiger partial charge in [-0.1, -0.05) is 0 Å². The summed E-state index contributed by atoms with van der Waals surface area (Å²) in [6, 6.07) is 6.50. The van der Waals surface area contributed by atoms with Crippen molar-refractivity contribution in [1.29, 1.82) is 0 Å². The van der Waals surface area contributed by atoms with E-state index in [4.69, 9.17) is 9.84 Å². The standard InChI is InChI=1S/C19H16F2O4/c20-13-6-12(7-14(21)9-13)16-8-11-3-4-17(22)15(11)10-18(16)25-5-1-2-19(23)24/h6-10H,1-5H2,(H,23,24). The third-order valence-electron chi connectivity index (χ3n) is 4.09. The van der Waals surface area contributed by atoms with Gasteiger partial charge in [0.1, 0.15) is 17.4 Å². The van der Waals surface area contributed by atoms with E-state index in [9.17, 15) is 18.4 Å². The molecule has 0 amide bonds. The Kier molecular flexibility index (Phi) is 4.79. The molecule has 0 heterocycles. The van der Waals surface area contributed by atoms with Crippen LogP contribution in [0.5, 0.6) is 5.75 Å². The Morgan fingerprint density at radius 2 is 1.76 bits per heavy atom. The van der Waals surface area contributed by atoms with E-state index >= 15 is 0 Å². The highest BCUT2D eigenvalue weighted by Gasteiger charge is 2.23. The quantitative estimate of drug-likeness (QED) is 0.803. The lowest BCUT2D eigenvalue weighted by Crippen LogP contribution is -2.04. The molecule has 0 saturated carbocycles. The molecule has 0 aliphatic heterocycles. The molecule has 6 heteroatoms. The molecule has 0 bridgehead atoms. The minimum atomic E-state index is -0.930. The first-order chi connectivity index (χ1) is 11.9. The molecule has 0 fully saturated rings. The Labute approximate surface area is 143 Å². The second-order valence-corrected chi connectivity index (χ2v) is 5.93. The van der Waals surface area contributed by atoms with Crippen LogP contribution in [0.2, 0.25) is 0 Å². The summed E-state index contributed by atoms with van der Waals surface area (Å²) < 4.78 is 32.8. The van der Waals surface area contributed by atoms with Crippen molar-refractivity contribution >= 4 is 11.8 Å². The van der Waals surface area contributed by atoms with Crippen LogP contribution in [0.15, 0.2) is 30.3 Å². The zero-order valence-electron chi connectivity index (χ0n) is 13.4. The molecule has 0 spiro atoms. The molecule has 3 rings (SSSR count). The third-order valence-corrected chi connectivity index (χ3v) is 4.09. The summed E-state index contributed by atoms with van der Waals surface area (Å²) in [4.78, 5) is 22.5. The monoisotopic (exact) mass is 346 g/mol. The summed E-state index contributed by atoms with van der Waals surface area (Å²) in [5, 5.41) is 8.68. The number of carbonyl (C=O) groups excluding carboxylic acids is 1. The second-order valence-electron chi connectivity index (χ2n) is 5.93. The Morgan fingerprint density at radius 3 is 2.44 bits per heavy atom. The van der Waals surface area contributed by atoms with Gasteiger partial charge in [0.15, 0.2) is 5.78 Å². The number of ketones is 1. The summed E-state index contributed by atoms with van der Waals surface area (Å²) in [6.07, 6.45) is 1.22. The molecule has 0 unspecified atom stereocenters. The van der Waals surface area contributed by atoms with E-state index in [0.717, 1.165) is 11.6 Å². The zero-order chi connectivity index (χ0) is 18.0. The van der Waals surface area contributed by atoms with Gasteiger partial charge < -0.3 is 9.84 Å². The molecular formula is C19H16F2O4. The fourth-order valence-electron chi connectivity index (χ4n) is 2.93. The van der Waals surface area contributed by atoms with Crippen LogP contribution in [-0.4, -0.2) is 23.5 Å². The lowest BCUT2D eigenvalue weighted by atomic mass is 9.98. The van der Waals surface area contributed by atoms with Crippen LogP contribution >= 0.6 is 0 Å². The molecule has 1 aliphatic rings. The van der Waals surface area contributed by atoms with Crippen molar-refractivity contribution in [2.45, 2.75) is 25.7 Å². The van der Waals surface area contributed by atoms with E-state index in [2.05, 4.69) is 0 Å². The number of aliphatic carboxylic acids is 1. The van der Waals surface area contributed by atoms with Crippen LogP contribution < -0.4 is 4.74 Å². The van der Waals surface area contributed by atoms with Crippen molar-refractivity contribution in [3.8, 4) is 16.9 Å². The van der Waals surface area contributed by atoms with Crippen LogP contribution in [0, 0.1) is 11.6 Å². The number of halogens is 2. The van der Waals surface area contributed by atoms with E-state index in [1.165, 1.54) is 12.1 Å². The highest BCUT2D eigenvalue weighted by molar-refractivity contribution is 6.01. The van der Waals surface area contributed by atoms with Crippen molar-refractivity contribution in [2.24, 2.45) is 0 Å². The van der Waals surface area contributed by atoms with Crippen LogP contribution in [-0.2, 0) is 11.2 Å². The predicted molar refractivity (Wildman–Crippen MR) is 86.8 cm³/mol. The molecule has 25 heavy (non-hydrogen) atoms. The Balaban J connectivity index is 1.97. The predicted octanol–water partition coefficient (Wildman–Crippen LogP) is 4.00. The lowest BCUT2D eigenvalue weighted by molar-refractivity contribution is -0.137. The van der Waals surface area contributed by atoms with E-state index in [0.29, 0.717) is 35.3 Å². The Bertz CT molecular complexity index is 825. The summed E-state index contributed by atoms with van der Waals surface area (Å²) in [6.45, 7) is 0.129. The molecule has 0 radical (unpaired) electrons. The lowest BCUT2D eigenvalue weighted by Gasteiger charge is -2.14. The number of hydrogen-bond donors (Lipinski definition) is 1. The SMILES string of the molecule is O=C(O)CCCOc1cc2c(cc1-c1cc(F)cc(F)c1)CCC2=O. The van der Waals surface area contributed by atoms with Gasteiger partial charge in [-0.25, -0.2) is 8.78 Å². The average molecular weight is 346 g/mol. The highest BCUT2D eigenvalue weighted by atomic mass is 19.1. The fraction of sp³-hybridized carbons (Fsp3) is 0.263. The number of carbonyl (C=O) groups is 2. The number of Topliss-reactive ketones (excluding diaryl/α,β-unsaturated/α-hetero) is 1. The third kappa shape index (κ3) is 3.84. The van der Waals surface area contributed by atoms with Crippen molar-refractivity contribution in [3.05, 3.63) is 53.1 Å². The first-order valence-electron chi connectivity index (χ1n) is 7.95. The largest absolute Gasteiger partial charge is 0.493 e. The van der Waals surface area contributed by atoms with Crippen LogP contribution in [0.4, 0.5) is 8.78 Å². The number of rotatable bonds is 6. The van der Waals surface area contributed by atoms with Crippen LogP contribution in [0.1, 0.15) is 35.2 Å². The molecule has 2 aromatic rings. The van der Waals surface area contributed by atoms with Gasteiger partial charge >= 0.3 is 5.97 Å². The topological polar surface area (TPSA) is 63.6 Å². The van der Waals surface area contributed by atoms with Crippen molar-refractivity contribution < 1.29 is 28.2 Å². The average Bonchev–Trinajstić information content (AvgIpc) is 2.90. The number of carboxylic acids is 1. The fourth-order valence-corrected chi connectivity index (χ4v) is 2.93. The molecule has 0 aromatic heterocycles. The number of hydrogen-bond acceptors (Lipinski definition) is 3. The summed E-state index contributed by atoms with van der Waals surface area (Å²) in [5.74, 6) is -2.02. The molecule has 4 nitrogen and oxygen atoms in total. The molecule has 130 valence electrons. The maximum Gasteiger partial charge on any atom is 0.303 e. The summed E-state index contributed by atoms with van der Waals surface area (Å²) in [7, 11) is 0. The van der Waals surface area contributed by atoms with Gasteiger partial charge in [-0.15, -0.1) is 0 Å². The number of fused-ring (bicyclic) bond motifs is 1. The van der Waals surface area contributed by atoms with Gasteiger partial charge in [0.05, 0.1) is 6.61 Å². The number of aryl methyl sites for hydroxylation is 1. The van der Waals surface area contributed by atoms with E-state index in [1.54, 1.807) is 12.1 Å². The molecule has 0 saturated heterocycles. The molecular weight excluding hydrogens is 330 g/mol. The molecule has 2 aromatic carbocycles. The number of ether oxygens (including phenoxy) is 1. The van der Waals surface area contributed by atoms with Crippen LogP contribution in [0.25, 0.3) is 11.1 Å². The minimum Gasteiger partial charge on any atom is -0.493 e. The maximum absolute atomic E-state index is 13.6. The van der Waals surface area contributed by atoms with Gasteiger partial charge in [-0.05, 0) is 48.2 Å².